The highest BCUT2D eigenvalue weighted by atomic mass is 19.1. The van der Waals surface area contributed by atoms with Gasteiger partial charge in [-0.1, -0.05) is 6.07 Å². The van der Waals surface area contributed by atoms with E-state index >= 15 is 0 Å². The Morgan fingerprint density at radius 1 is 1.11 bits per heavy atom. The van der Waals surface area contributed by atoms with Crippen LogP contribution < -0.4 is 10.1 Å². The van der Waals surface area contributed by atoms with Crippen molar-refractivity contribution in [1.29, 1.82) is 0 Å². The number of aromatic nitrogens is 1. The third-order valence-corrected chi connectivity index (χ3v) is 8.63. The summed E-state index contributed by atoms with van der Waals surface area (Å²) in [6.45, 7) is 0.868. The Hall–Kier alpha value is -2.96. The van der Waals surface area contributed by atoms with Crippen molar-refractivity contribution < 1.29 is 18.7 Å². The average Bonchev–Trinajstić information content (AvgIpc) is 3.33. The van der Waals surface area contributed by atoms with Crippen molar-refractivity contribution in [1.82, 2.24) is 15.2 Å². The molecule has 35 heavy (non-hydrogen) atoms. The van der Waals surface area contributed by atoms with Gasteiger partial charge in [-0.05, 0) is 98.9 Å². The first-order valence-corrected chi connectivity index (χ1v) is 12.9. The fourth-order valence-electron chi connectivity index (χ4n) is 7.54. The van der Waals surface area contributed by atoms with E-state index in [1.807, 2.05) is 4.90 Å². The summed E-state index contributed by atoms with van der Waals surface area (Å²) >= 11 is 0. The SMILES string of the molecule is O=C(NCc1ccc(Oc2cccnc2)c(F)c1)C1CCCN1C(=O)C12CC3CC(CC(C3)C1)C2. The number of amides is 2. The average molecular weight is 478 g/mol. The van der Waals surface area contributed by atoms with Crippen molar-refractivity contribution in [2.45, 2.75) is 64.0 Å². The monoisotopic (exact) mass is 477 g/mol. The molecular weight excluding hydrogens is 445 g/mol. The topological polar surface area (TPSA) is 71.5 Å². The summed E-state index contributed by atoms with van der Waals surface area (Å²) in [6, 6.07) is 7.67. The predicted molar refractivity (Wildman–Crippen MR) is 128 cm³/mol. The number of pyridine rings is 1. The largest absolute Gasteiger partial charge is 0.453 e. The number of carbonyl (C=O) groups is 2. The van der Waals surface area contributed by atoms with E-state index in [2.05, 4.69) is 10.3 Å². The number of nitrogens with zero attached hydrogens (tertiary/aromatic N) is 2. The molecule has 0 radical (unpaired) electrons. The van der Waals surface area contributed by atoms with Gasteiger partial charge in [-0.25, -0.2) is 4.39 Å². The van der Waals surface area contributed by atoms with Gasteiger partial charge >= 0.3 is 0 Å². The van der Waals surface area contributed by atoms with Crippen LogP contribution in [0, 0.1) is 29.0 Å². The molecule has 1 N–H and O–H groups in total. The lowest BCUT2D eigenvalue weighted by Crippen LogP contribution is -2.57. The molecule has 5 aliphatic rings. The molecular formula is C28H32FN3O3. The van der Waals surface area contributed by atoms with Crippen LogP contribution in [0.2, 0.25) is 0 Å². The van der Waals surface area contributed by atoms with Crippen LogP contribution in [0.25, 0.3) is 0 Å². The second-order valence-corrected chi connectivity index (χ2v) is 11.1. The maximum atomic E-state index is 14.6. The zero-order valence-corrected chi connectivity index (χ0v) is 19.9. The lowest BCUT2D eigenvalue weighted by molar-refractivity contribution is -0.160. The molecule has 4 bridgehead atoms. The molecule has 1 saturated heterocycles. The summed E-state index contributed by atoms with van der Waals surface area (Å²) in [4.78, 5) is 32.8. The van der Waals surface area contributed by atoms with E-state index in [9.17, 15) is 14.0 Å². The van der Waals surface area contributed by atoms with E-state index in [0.717, 1.165) is 25.7 Å². The summed E-state index contributed by atoms with van der Waals surface area (Å²) in [5.41, 5.74) is 0.413. The molecule has 184 valence electrons. The molecule has 2 heterocycles. The van der Waals surface area contributed by atoms with Crippen LogP contribution >= 0.6 is 0 Å². The summed E-state index contributed by atoms with van der Waals surface area (Å²) < 4.78 is 20.1. The van der Waals surface area contributed by atoms with Crippen molar-refractivity contribution >= 4 is 11.8 Å². The number of rotatable bonds is 6. The molecule has 4 aliphatic carbocycles. The number of halogens is 1. The minimum atomic E-state index is -0.500. The smallest absolute Gasteiger partial charge is 0.243 e. The molecule has 1 aliphatic heterocycles. The van der Waals surface area contributed by atoms with Crippen LogP contribution in [0.1, 0.15) is 56.9 Å². The first-order chi connectivity index (χ1) is 17.0. The zero-order valence-electron chi connectivity index (χ0n) is 19.9. The van der Waals surface area contributed by atoms with Gasteiger partial charge in [0.1, 0.15) is 11.8 Å². The number of likely N-dealkylation sites (tertiary alicyclic amines) is 1. The second kappa shape index (κ2) is 8.92. The van der Waals surface area contributed by atoms with Gasteiger partial charge in [0, 0.05) is 19.3 Å². The Kier molecular flexibility index (Phi) is 5.73. The number of ether oxygens (including phenoxy) is 1. The zero-order chi connectivity index (χ0) is 24.0. The van der Waals surface area contributed by atoms with E-state index < -0.39 is 11.9 Å². The fourth-order valence-corrected chi connectivity index (χ4v) is 7.54. The third-order valence-electron chi connectivity index (χ3n) is 8.63. The normalized spacial score (nSPS) is 30.9. The highest BCUT2D eigenvalue weighted by Gasteiger charge is 2.56. The molecule has 7 heteroatoms. The molecule has 1 atom stereocenters. The third kappa shape index (κ3) is 4.30. The maximum absolute atomic E-state index is 14.6. The molecule has 0 spiro atoms. The molecule has 2 aromatic rings. The Bertz CT molecular complexity index is 1090. The van der Waals surface area contributed by atoms with Crippen LogP contribution in [0.3, 0.4) is 0 Å². The van der Waals surface area contributed by atoms with Gasteiger partial charge in [0.25, 0.3) is 0 Å². The predicted octanol–water partition coefficient (Wildman–Crippen LogP) is 4.84. The van der Waals surface area contributed by atoms with E-state index in [1.165, 1.54) is 31.5 Å². The second-order valence-electron chi connectivity index (χ2n) is 11.1. The number of hydrogen-bond donors (Lipinski definition) is 1. The number of carbonyl (C=O) groups excluding carboxylic acids is 2. The van der Waals surface area contributed by atoms with Gasteiger partial charge in [-0.2, -0.15) is 0 Å². The Morgan fingerprint density at radius 2 is 1.86 bits per heavy atom. The Morgan fingerprint density at radius 3 is 2.51 bits per heavy atom. The maximum Gasteiger partial charge on any atom is 0.243 e. The summed E-state index contributed by atoms with van der Waals surface area (Å²) in [6.07, 6.45) is 11.6. The number of nitrogens with one attached hydrogen (secondary N) is 1. The van der Waals surface area contributed by atoms with Gasteiger partial charge < -0.3 is 15.0 Å². The van der Waals surface area contributed by atoms with Crippen LogP contribution in [0.15, 0.2) is 42.7 Å². The highest BCUT2D eigenvalue weighted by molar-refractivity contribution is 5.91. The molecule has 5 fully saturated rings. The van der Waals surface area contributed by atoms with Gasteiger partial charge in [0.05, 0.1) is 11.6 Å². The Balaban J connectivity index is 1.09. The van der Waals surface area contributed by atoms with E-state index in [1.54, 1.807) is 30.5 Å². The molecule has 2 amide bonds. The molecule has 1 aromatic heterocycles. The molecule has 7 rings (SSSR count). The van der Waals surface area contributed by atoms with Crippen molar-refractivity contribution in [3.8, 4) is 11.5 Å². The lowest BCUT2D eigenvalue weighted by Gasteiger charge is -2.56. The first-order valence-electron chi connectivity index (χ1n) is 12.9. The van der Waals surface area contributed by atoms with Crippen molar-refractivity contribution in [2.24, 2.45) is 23.2 Å². The van der Waals surface area contributed by atoms with Crippen molar-refractivity contribution in [3.05, 3.63) is 54.1 Å². The standard InChI is InChI=1S/C28H32FN3O3/c29-23-12-18(5-6-25(23)35-22-3-1-7-30-17-22)16-31-26(33)24-4-2-8-32(24)27(34)28-13-19-9-20(14-28)11-21(10-19)15-28/h1,3,5-7,12,17,19-21,24H,2,4,8-11,13-16H2,(H,31,33). The summed E-state index contributed by atoms with van der Waals surface area (Å²) in [5, 5.41) is 2.95. The van der Waals surface area contributed by atoms with Crippen molar-refractivity contribution in [3.63, 3.8) is 0 Å². The van der Waals surface area contributed by atoms with Crippen LogP contribution in [0.5, 0.6) is 11.5 Å². The molecule has 6 nitrogen and oxygen atoms in total. The minimum absolute atomic E-state index is 0.108. The fraction of sp³-hybridized carbons (Fsp3) is 0.536. The van der Waals surface area contributed by atoms with Gasteiger partial charge in [0.2, 0.25) is 11.8 Å². The molecule has 4 saturated carbocycles. The van der Waals surface area contributed by atoms with E-state index in [0.29, 0.717) is 42.0 Å². The van der Waals surface area contributed by atoms with E-state index in [-0.39, 0.29) is 29.5 Å². The van der Waals surface area contributed by atoms with Crippen molar-refractivity contribution in [2.75, 3.05) is 6.54 Å². The van der Waals surface area contributed by atoms with Crippen LogP contribution in [-0.2, 0) is 16.1 Å². The Labute approximate surface area is 205 Å². The number of benzene rings is 1. The molecule has 1 aromatic carbocycles. The van der Waals surface area contributed by atoms with Gasteiger partial charge in [-0.15, -0.1) is 0 Å². The molecule has 1 unspecified atom stereocenters. The minimum Gasteiger partial charge on any atom is -0.453 e. The van der Waals surface area contributed by atoms with Gasteiger partial charge in [0.15, 0.2) is 11.6 Å². The van der Waals surface area contributed by atoms with Gasteiger partial charge in [-0.3, -0.25) is 14.6 Å². The van der Waals surface area contributed by atoms with Crippen LogP contribution in [-0.4, -0.2) is 34.3 Å². The quantitative estimate of drug-likeness (QED) is 0.647. The summed E-state index contributed by atoms with van der Waals surface area (Å²) in [5.74, 6) is 2.22. The van der Waals surface area contributed by atoms with Crippen LogP contribution in [0.4, 0.5) is 4.39 Å². The summed E-state index contributed by atoms with van der Waals surface area (Å²) in [7, 11) is 0. The van der Waals surface area contributed by atoms with E-state index in [4.69, 9.17) is 4.74 Å². The first kappa shape index (κ1) is 22.5. The highest BCUT2D eigenvalue weighted by Crippen LogP contribution is 2.60. The number of hydrogen-bond acceptors (Lipinski definition) is 4. The lowest BCUT2D eigenvalue weighted by atomic mass is 9.49.